The van der Waals surface area contributed by atoms with Crippen LogP contribution in [0.3, 0.4) is 0 Å². The van der Waals surface area contributed by atoms with Crippen molar-refractivity contribution >= 4 is 23.9 Å². The van der Waals surface area contributed by atoms with Gasteiger partial charge in [0.05, 0.1) is 0 Å². The maximum atomic E-state index is 4.87. The zero-order valence-electron chi connectivity index (χ0n) is 9.18. The van der Waals surface area contributed by atoms with E-state index in [9.17, 15) is 0 Å². The van der Waals surface area contributed by atoms with E-state index in [-0.39, 0.29) is 0 Å². The molecule has 1 aromatic carbocycles. The average molecular weight is 232 g/mol. The van der Waals surface area contributed by atoms with E-state index in [0.29, 0.717) is 11.7 Å². The molecule has 0 aliphatic rings. The monoisotopic (exact) mass is 232 g/mol. The van der Waals surface area contributed by atoms with Crippen molar-refractivity contribution in [3.63, 3.8) is 0 Å². The van der Waals surface area contributed by atoms with Crippen LogP contribution in [-0.4, -0.2) is 16.4 Å². The molecule has 4 heteroatoms. The molecule has 2 aromatic rings. The first-order valence-corrected chi connectivity index (χ1v) is 6.13. The van der Waals surface area contributed by atoms with Crippen molar-refractivity contribution in [1.82, 2.24) is 10.1 Å². The summed E-state index contributed by atoms with van der Waals surface area (Å²) in [5, 5.41) is 3.79. The molecular weight excluding hydrogens is 220 g/mol. The summed E-state index contributed by atoms with van der Waals surface area (Å²) in [5.41, 5.74) is 1.13. The topological polar surface area (TPSA) is 38.9 Å². The number of hydrogen-bond donors (Lipinski definition) is 0. The van der Waals surface area contributed by atoms with Crippen LogP contribution in [0.2, 0.25) is 0 Å². The second kappa shape index (κ2) is 4.99. The predicted octanol–water partition coefficient (Wildman–Crippen LogP) is 3.27. The van der Waals surface area contributed by atoms with E-state index in [1.165, 1.54) is 4.90 Å². The Balaban J connectivity index is 2.11. The molecule has 0 spiro atoms. The molecule has 0 amide bonds. The van der Waals surface area contributed by atoms with Crippen LogP contribution < -0.4 is 0 Å². The average Bonchev–Trinajstić information content (AvgIpc) is 2.73. The molecule has 82 valence electrons. The highest BCUT2D eigenvalue weighted by Gasteiger charge is 1.96. The summed E-state index contributed by atoms with van der Waals surface area (Å²) >= 11 is 1.73. The van der Waals surface area contributed by atoms with Gasteiger partial charge in [-0.05, 0) is 30.0 Å². The van der Waals surface area contributed by atoms with Crippen molar-refractivity contribution in [1.29, 1.82) is 0 Å². The van der Waals surface area contributed by atoms with Gasteiger partial charge in [0.1, 0.15) is 0 Å². The highest BCUT2D eigenvalue weighted by Crippen LogP contribution is 2.15. The lowest BCUT2D eigenvalue weighted by atomic mass is 10.2. The van der Waals surface area contributed by atoms with Gasteiger partial charge >= 0.3 is 0 Å². The van der Waals surface area contributed by atoms with Crippen molar-refractivity contribution in [2.24, 2.45) is 0 Å². The number of benzene rings is 1. The van der Waals surface area contributed by atoms with E-state index in [2.05, 4.69) is 40.7 Å². The van der Waals surface area contributed by atoms with Crippen molar-refractivity contribution in [3.8, 4) is 0 Å². The molecule has 16 heavy (non-hydrogen) atoms. The quantitative estimate of drug-likeness (QED) is 0.761. The summed E-state index contributed by atoms with van der Waals surface area (Å²) in [4.78, 5) is 5.35. The summed E-state index contributed by atoms with van der Waals surface area (Å²) < 4.78 is 4.87. The molecule has 0 saturated carbocycles. The standard InChI is InChI=1S/C12H12N2OS/c1-9-13-12(14-15-9)8-5-10-3-6-11(16-2)7-4-10/h3-8H,1-2H3/b8-5+. The van der Waals surface area contributed by atoms with Crippen LogP contribution in [0.4, 0.5) is 0 Å². The summed E-state index contributed by atoms with van der Waals surface area (Å²) in [5.74, 6) is 1.18. The van der Waals surface area contributed by atoms with Crippen molar-refractivity contribution in [2.75, 3.05) is 6.26 Å². The third kappa shape index (κ3) is 2.73. The molecule has 0 saturated heterocycles. The Hall–Kier alpha value is -1.55. The first-order chi connectivity index (χ1) is 7.78. The molecule has 1 heterocycles. The van der Waals surface area contributed by atoms with Crippen LogP contribution in [0.1, 0.15) is 17.3 Å². The maximum absolute atomic E-state index is 4.87. The Labute approximate surface area is 98.6 Å². The number of thioether (sulfide) groups is 1. The number of aryl methyl sites for hydroxylation is 1. The van der Waals surface area contributed by atoms with E-state index < -0.39 is 0 Å². The molecule has 1 aromatic heterocycles. The highest BCUT2D eigenvalue weighted by atomic mass is 32.2. The van der Waals surface area contributed by atoms with Gasteiger partial charge in [-0.15, -0.1) is 11.8 Å². The van der Waals surface area contributed by atoms with E-state index in [1.54, 1.807) is 18.7 Å². The smallest absolute Gasteiger partial charge is 0.223 e. The van der Waals surface area contributed by atoms with Gasteiger partial charge in [0.15, 0.2) is 5.82 Å². The van der Waals surface area contributed by atoms with Gasteiger partial charge in [-0.1, -0.05) is 23.4 Å². The second-order valence-corrected chi connectivity index (χ2v) is 4.16. The molecule has 0 fully saturated rings. The molecule has 0 aliphatic carbocycles. The fraction of sp³-hybridized carbons (Fsp3) is 0.167. The zero-order valence-corrected chi connectivity index (χ0v) is 9.99. The van der Waals surface area contributed by atoms with E-state index >= 15 is 0 Å². The summed E-state index contributed by atoms with van der Waals surface area (Å²) in [7, 11) is 0. The van der Waals surface area contributed by atoms with Crippen LogP contribution in [0, 0.1) is 6.92 Å². The Morgan fingerprint density at radius 3 is 2.50 bits per heavy atom. The lowest BCUT2D eigenvalue weighted by molar-refractivity contribution is 0.391. The minimum absolute atomic E-state index is 0.581. The third-order valence-electron chi connectivity index (χ3n) is 2.08. The fourth-order valence-electron chi connectivity index (χ4n) is 1.27. The molecule has 0 N–H and O–H groups in total. The Morgan fingerprint density at radius 2 is 1.94 bits per heavy atom. The molecule has 0 radical (unpaired) electrons. The predicted molar refractivity (Wildman–Crippen MR) is 66.2 cm³/mol. The highest BCUT2D eigenvalue weighted by molar-refractivity contribution is 7.98. The van der Waals surface area contributed by atoms with Gasteiger partial charge in [0.25, 0.3) is 0 Å². The maximum Gasteiger partial charge on any atom is 0.223 e. The number of hydrogen-bond acceptors (Lipinski definition) is 4. The molecule has 0 bridgehead atoms. The van der Waals surface area contributed by atoms with Crippen LogP contribution in [0.25, 0.3) is 12.2 Å². The van der Waals surface area contributed by atoms with E-state index in [1.807, 2.05) is 12.2 Å². The minimum Gasteiger partial charge on any atom is -0.339 e. The third-order valence-corrected chi connectivity index (χ3v) is 2.83. The first kappa shape index (κ1) is 11.0. The Bertz CT molecular complexity index is 488. The van der Waals surface area contributed by atoms with Gasteiger partial charge in [0, 0.05) is 11.8 Å². The normalized spacial score (nSPS) is 11.1. The molecule has 0 atom stereocenters. The Morgan fingerprint density at radius 1 is 1.19 bits per heavy atom. The SMILES string of the molecule is CSc1ccc(/C=C/c2noc(C)n2)cc1. The fourth-order valence-corrected chi connectivity index (χ4v) is 1.68. The van der Waals surface area contributed by atoms with Crippen molar-refractivity contribution < 1.29 is 4.52 Å². The first-order valence-electron chi connectivity index (χ1n) is 4.90. The molecule has 0 aliphatic heterocycles. The van der Waals surface area contributed by atoms with Gasteiger partial charge in [-0.3, -0.25) is 0 Å². The Kier molecular flexibility index (Phi) is 3.41. The van der Waals surface area contributed by atoms with Crippen molar-refractivity contribution in [3.05, 3.63) is 41.5 Å². The van der Waals surface area contributed by atoms with Gasteiger partial charge in [0.2, 0.25) is 5.89 Å². The summed E-state index contributed by atoms with van der Waals surface area (Å²) in [6, 6.07) is 8.31. The van der Waals surface area contributed by atoms with Crippen LogP contribution in [0.5, 0.6) is 0 Å². The lowest BCUT2D eigenvalue weighted by Crippen LogP contribution is -1.76. The van der Waals surface area contributed by atoms with E-state index in [4.69, 9.17) is 4.52 Å². The van der Waals surface area contributed by atoms with Crippen molar-refractivity contribution in [2.45, 2.75) is 11.8 Å². The van der Waals surface area contributed by atoms with Gasteiger partial charge in [-0.2, -0.15) is 4.98 Å². The zero-order chi connectivity index (χ0) is 11.4. The second-order valence-electron chi connectivity index (χ2n) is 3.28. The lowest BCUT2D eigenvalue weighted by Gasteiger charge is -1.95. The van der Waals surface area contributed by atoms with Crippen LogP contribution >= 0.6 is 11.8 Å². The molecule has 2 rings (SSSR count). The summed E-state index contributed by atoms with van der Waals surface area (Å²) in [6.45, 7) is 1.78. The summed E-state index contributed by atoms with van der Waals surface area (Å²) in [6.07, 6.45) is 5.87. The number of nitrogens with zero attached hydrogens (tertiary/aromatic N) is 2. The number of aromatic nitrogens is 2. The van der Waals surface area contributed by atoms with Crippen LogP contribution in [0.15, 0.2) is 33.7 Å². The van der Waals surface area contributed by atoms with Gasteiger partial charge < -0.3 is 4.52 Å². The van der Waals surface area contributed by atoms with Crippen LogP contribution in [-0.2, 0) is 0 Å². The van der Waals surface area contributed by atoms with Gasteiger partial charge in [-0.25, -0.2) is 0 Å². The molecular formula is C12H12N2OS. The minimum atomic E-state index is 0.581. The largest absolute Gasteiger partial charge is 0.339 e. The number of rotatable bonds is 3. The molecule has 0 unspecified atom stereocenters. The molecule has 3 nitrogen and oxygen atoms in total. The van der Waals surface area contributed by atoms with E-state index in [0.717, 1.165) is 5.56 Å².